The topological polar surface area (TPSA) is 44.4 Å². The van der Waals surface area contributed by atoms with Crippen molar-refractivity contribution in [3.8, 4) is 0 Å². The maximum atomic E-state index is 12.0. The Morgan fingerprint density at radius 1 is 1.65 bits per heavy atom. The number of carbonyl (C=O) groups is 1. The van der Waals surface area contributed by atoms with Crippen molar-refractivity contribution in [1.29, 1.82) is 0 Å². The third kappa shape index (κ3) is 3.07. The van der Waals surface area contributed by atoms with Crippen LogP contribution in [0, 0.1) is 0 Å². The van der Waals surface area contributed by atoms with E-state index in [4.69, 9.17) is 0 Å². The van der Waals surface area contributed by atoms with Crippen LogP contribution < -0.4 is 10.6 Å². The van der Waals surface area contributed by atoms with Gasteiger partial charge in [0.1, 0.15) is 0 Å². The zero-order valence-electron chi connectivity index (χ0n) is 10.9. The predicted molar refractivity (Wildman–Crippen MR) is 68.6 cm³/mol. The van der Waals surface area contributed by atoms with Crippen LogP contribution >= 0.6 is 0 Å². The first-order valence-electron chi connectivity index (χ1n) is 6.52. The van der Waals surface area contributed by atoms with Crippen LogP contribution in [0.3, 0.4) is 0 Å². The molecule has 1 heterocycles. The molecule has 96 valence electrons. The van der Waals surface area contributed by atoms with Gasteiger partial charge in [-0.1, -0.05) is 6.08 Å². The average molecular weight is 237 g/mol. The molecule has 0 aromatic rings. The van der Waals surface area contributed by atoms with E-state index in [1.165, 1.54) is 12.1 Å². The fraction of sp³-hybridized carbons (Fsp3) is 0.769. The monoisotopic (exact) mass is 237 g/mol. The number of allylic oxidation sites excluding steroid dienone is 2. The van der Waals surface area contributed by atoms with Gasteiger partial charge in [-0.15, -0.1) is 0 Å². The van der Waals surface area contributed by atoms with Gasteiger partial charge in [0, 0.05) is 24.8 Å². The van der Waals surface area contributed by atoms with E-state index < -0.39 is 0 Å². The van der Waals surface area contributed by atoms with Crippen LogP contribution in [-0.4, -0.2) is 43.0 Å². The molecule has 0 spiro atoms. The second-order valence-corrected chi connectivity index (χ2v) is 5.38. The number of rotatable bonds is 4. The lowest BCUT2D eigenvalue weighted by Gasteiger charge is -2.26. The smallest absolute Gasteiger partial charge is 0.240 e. The lowest BCUT2D eigenvalue weighted by Crippen LogP contribution is -2.48. The summed E-state index contributed by atoms with van der Waals surface area (Å²) < 4.78 is 0. The molecular formula is C13H23N3O. The molecule has 4 heteroatoms. The van der Waals surface area contributed by atoms with Crippen LogP contribution in [0.25, 0.3) is 0 Å². The maximum Gasteiger partial charge on any atom is 0.240 e. The van der Waals surface area contributed by atoms with Crippen molar-refractivity contribution >= 4 is 5.91 Å². The zero-order valence-corrected chi connectivity index (χ0v) is 10.9. The quantitative estimate of drug-likeness (QED) is 0.762. The standard InChI is InChI=1S/C13H23N3O/c1-13(7-8-14-10-13)15-9-12(17)16(2)11-5-3-4-6-11/h5,14-15H,3-4,6-10H2,1-2H3. The minimum Gasteiger partial charge on any atom is -0.318 e. The predicted octanol–water partition coefficient (Wildman–Crippen LogP) is 0.854. The molecule has 1 saturated heterocycles. The third-order valence-electron chi connectivity index (χ3n) is 3.86. The van der Waals surface area contributed by atoms with Crippen LogP contribution in [0.2, 0.25) is 0 Å². The molecule has 0 saturated carbocycles. The molecule has 0 aromatic carbocycles. The van der Waals surface area contributed by atoms with Crippen molar-refractivity contribution in [2.75, 3.05) is 26.7 Å². The Morgan fingerprint density at radius 2 is 2.47 bits per heavy atom. The van der Waals surface area contributed by atoms with E-state index in [-0.39, 0.29) is 11.4 Å². The van der Waals surface area contributed by atoms with Crippen LogP contribution in [0.15, 0.2) is 11.8 Å². The fourth-order valence-corrected chi connectivity index (χ4v) is 2.49. The largest absolute Gasteiger partial charge is 0.318 e. The fourth-order valence-electron chi connectivity index (χ4n) is 2.49. The Hall–Kier alpha value is -0.870. The van der Waals surface area contributed by atoms with E-state index in [0.717, 1.165) is 32.4 Å². The molecule has 1 unspecified atom stereocenters. The summed E-state index contributed by atoms with van der Waals surface area (Å²) in [6.07, 6.45) is 6.61. The van der Waals surface area contributed by atoms with Crippen molar-refractivity contribution in [2.24, 2.45) is 0 Å². The lowest BCUT2D eigenvalue weighted by atomic mass is 10.0. The Kier molecular flexibility index (Phi) is 3.84. The molecule has 1 amide bonds. The Morgan fingerprint density at radius 3 is 3.06 bits per heavy atom. The minimum atomic E-state index is 0.0839. The van der Waals surface area contributed by atoms with Crippen molar-refractivity contribution < 1.29 is 4.79 Å². The molecule has 1 aliphatic carbocycles. The highest BCUT2D eigenvalue weighted by Gasteiger charge is 2.29. The van der Waals surface area contributed by atoms with E-state index in [1.807, 2.05) is 11.9 Å². The molecule has 1 fully saturated rings. The molecule has 17 heavy (non-hydrogen) atoms. The summed E-state index contributed by atoms with van der Waals surface area (Å²) in [5.41, 5.74) is 1.27. The van der Waals surface area contributed by atoms with Crippen molar-refractivity contribution in [3.63, 3.8) is 0 Å². The summed E-state index contributed by atoms with van der Waals surface area (Å²) in [5, 5.41) is 6.70. The van der Waals surface area contributed by atoms with Crippen LogP contribution in [-0.2, 0) is 4.79 Å². The van der Waals surface area contributed by atoms with E-state index in [1.54, 1.807) is 0 Å². The maximum absolute atomic E-state index is 12.0. The summed E-state index contributed by atoms with van der Waals surface area (Å²) >= 11 is 0. The highest BCUT2D eigenvalue weighted by molar-refractivity contribution is 5.79. The summed E-state index contributed by atoms with van der Waals surface area (Å²) in [4.78, 5) is 13.8. The molecule has 4 nitrogen and oxygen atoms in total. The molecule has 2 rings (SSSR count). The normalized spacial score (nSPS) is 28.2. The summed E-state index contributed by atoms with van der Waals surface area (Å²) in [7, 11) is 1.89. The van der Waals surface area contributed by atoms with Crippen LogP contribution in [0.1, 0.15) is 32.6 Å². The summed E-state index contributed by atoms with van der Waals surface area (Å²) in [6, 6.07) is 0. The molecule has 0 aromatic heterocycles. The van der Waals surface area contributed by atoms with Gasteiger partial charge >= 0.3 is 0 Å². The Bertz CT molecular complexity index is 319. The van der Waals surface area contributed by atoms with E-state index >= 15 is 0 Å². The van der Waals surface area contributed by atoms with Gasteiger partial charge in [0.25, 0.3) is 0 Å². The molecule has 1 aliphatic heterocycles. The number of likely N-dealkylation sites (N-methyl/N-ethyl adjacent to an activating group) is 1. The first kappa shape index (κ1) is 12.6. The van der Waals surface area contributed by atoms with Gasteiger partial charge in [0.05, 0.1) is 6.54 Å². The van der Waals surface area contributed by atoms with Gasteiger partial charge in [-0.25, -0.2) is 0 Å². The summed E-state index contributed by atoms with van der Waals surface area (Å²) in [6.45, 7) is 4.60. The molecular weight excluding hydrogens is 214 g/mol. The molecule has 2 aliphatic rings. The van der Waals surface area contributed by atoms with Gasteiger partial charge in [0.2, 0.25) is 5.91 Å². The van der Waals surface area contributed by atoms with Gasteiger partial charge in [0.15, 0.2) is 0 Å². The van der Waals surface area contributed by atoms with Crippen molar-refractivity contribution in [3.05, 3.63) is 11.8 Å². The van der Waals surface area contributed by atoms with E-state index in [0.29, 0.717) is 6.54 Å². The van der Waals surface area contributed by atoms with Crippen LogP contribution in [0.4, 0.5) is 0 Å². The average Bonchev–Trinajstić information content (AvgIpc) is 2.96. The minimum absolute atomic E-state index is 0.0839. The third-order valence-corrected chi connectivity index (χ3v) is 3.86. The second kappa shape index (κ2) is 5.19. The van der Waals surface area contributed by atoms with E-state index in [2.05, 4.69) is 23.6 Å². The Balaban J connectivity index is 1.80. The molecule has 0 radical (unpaired) electrons. The molecule has 0 bridgehead atoms. The number of hydrogen-bond donors (Lipinski definition) is 2. The van der Waals surface area contributed by atoms with Gasteiger partial charge in [-0.3, -0.25) is 4.79 Å². The number of nitrogens with zero attached hydrogens (tertiary/aromatic N) is 1. The first-order valence-corrected chi connectivity index (χ1v) is 6.52. The van der Waals surface area contributed by atoms with Gasteiger partial charge in [-0.2, -0.15) is 0 Å². The van der Waals surface area contributed by atoms with Crippen molar-refractivity contribution in [1.82, 2.24) is 15.5 Å². The number of nitrogens with one attached hydrogen (secondary N) is 2. The zero-order chi connectivity index (χ0) is 12.3. The van der Waals surface area contributed by atoms with Gasteiger partial charge < -0.3 is 15.5 Å². The second-order valence-electron chi connectivity index (χ2n) is 5.38. The number of carbonyl (C=O) groups excluding carboxylic acids is 1. The molecule has 1 atom stereocenters. The molecule has 2 N–H and O–H groups in total. The highest BCUT2D eigenvalue weighted by atomic mass is 16.2. The number of amides is 1. The summed E-state index contributed by atoms with van der Waals surface area (Å²) in [5.74, 6) is 0.172. The SMILES string of the molecule is CN(C(=O)CNC1(C)CCNC1)C1=CCCC1. The van der Waals surface area contributed by atoms with Crippen molar-refractivity contribution in [2.45, 2.75) is 38.1 Å². The lowest BCUT2D eigenvalue weighted by molar-refractivity contribution is -0.127. The Labute approximate surface area is 103 Å². The first-order chi connectivity index (χ1) is 8.11. The highest BCUT2D eigenvalue weighted by Crippen LogP contribution is 2.20. The number of hydrogen-bond acceptors (Lipinski definition) is 3. The van der Waals surface area contributed by atoms with Gasteiger partial charge in [-0.05, 0) is 39.2 Å². The van der Waals surface area contributed by atoms with E-state index in [9.17, 15) is 4.79 Å². The van der Waals surface area contributed by atoms with Crippen LogP contribution in [0.5, 0.6) is 0 Å².